The fourth-order valence-electron chi connectivity index (χ4n) is 1.51. The summed E-state index contributed by atoms with van der Waals surface area (Å²) in [5.41, 5.74) is 1.79. The minimum absolute atomic E-state index is 0.0103. The van der Waals surface area contributed by atoms with Gasteiger partial charge in [-0.25, -0.2) is 4.98 Å². The van der Waals surface area contributed by atoms with Gasteiger partial charge in [-0.15, -0.1) is 0 Å². The number of pyridine rings is 1. The topological polar surface area (TPSA) is 65.3 Å². The summed E-state index contributed by atoms with van der Waals surface area (Å²) in [5, 5.41) is 10.8. The number of nitro benzene ring substituents is 1. The lowest BCUT2D eigenvalue weighted by atomic mass is 10.2. The van der Waals surface area contributed by atoms with Gasteiger partial charge in [0.2, 0.25) is 5.88 Å². The molecule has 0 saturated heterocycles. The first kappa shape index (κ1) is 13.5. The maximum atomic E-state index is 10.8. The Balaban J connectivity index is 2.37. The summed E-state index contributed by atoms with van der Waals surface area (Å²) in [4.78, 5) is 14.4. The number of aromatic nitrogens is 1. The summed E-state index contributed by atoms with van der Waals surface area (Å²) in [7, 11) is 0. The standard InChI is InChI=1S/C13H11BrN2O3/c1-8-5-11(14)13(15-7-8)19-12-6-10(16(17)18)4-3-9(12)2/h3-7H,1-2H3. The largest absolute Gasteiger partial charge is 0.437 e. The van der Waals surface area contributed by atoms with E-state index in [4.69, 9.17) is 4.74 Å². The number of nitro groups is 1. The highest BCUT2D eigenvalue weighted by Gasteiger charge is 2.12. The van der Waals surface area contributed by atoms with Gasteiger partial charge in [0.1, 0.15) is 5.75 Å². The highest BCUT2D eigenvalue weighted by molar-refractivity contribution is 9.10. The van der Waals surface area contributed by atoms with Crippen LogP contribution < -0.4 is 4.74 Å². The number of benzene rings is 1. The van der Waals surface area contributed by atoms with Gasteiger partial charge in [-0.05, 0) is 53.0 Å². The molecular weight excluding hydrogens is 312 g/mol. The van der Waals surface area contributed by atoms with Crippen molar-refractivity contribution in [1.82, 2.24) is 4.98 Å². The van der Waals surface area contributed by atoms with Gasteiger partial charge in [-0.3, -0.25) is 10.1 Å². The van der Waals surface area contributed by atoms with Gasteiger partial charge in [0.25, 0.3) is 5.69 Å². The van der Waals surface area contributed by atoms with Crippen LogP contribution in [0.25, 0.3) is 0 Å². The lowest BCUT2D eigenvalue weighted by Crippen LogP contribution is -1.94. The van der Waals surface area contributed by atoms with Crippen molar-refractivity contribution in [3.05, 3.63) is 56.2 Å². The van der Waals surface area contributed by atoms with E-state index in [0.29, 0.717) is 16.1 Å². The maximum absolute atomic E-state index is 10.8. The molecule has 1 heterocycles. The molecule has 2 aromatic rings. The Morgan fingerprint density at radius 1 is 1.32 bits per heavy atom. The van der Waals surface area contributed by atoms with Gasteiger partial charge in [0, 0.05) is 12.3 Å². The zero-order chi connectivity index (χ0) is 14.0. The molecule has 0 fully saturated rings. The highest BCUT2D eigenvalue weighted by atomic mass is 79.9. The molecule has 0 saturated carbocycles. The third kappa shape index (κ3) is 3.08. The molecule has 0 aliphatic heterocycles. The van der Waals surface area contributed by atoms with E-state index in [2.05, 4.69) is 20.9 Å². The van der Waals surface area contributed by atoms with Crippen molar-refractivity contribution in [3.8, 4) is 11.6 Å². The second-order valence-electron chi connectivity index (χ2n) is 4.11. The predicted octanol–water partition coefficient (Wildman–Crippen LogP) is 4.16. The molecule has 5 nitrogen and oxygen atoms in total. The zero-order valence-corrected chi connectivity index (χ0v) is 12.0. The first-order valence-electron chi connectivity index (χ1n) is 5.52. The summed E-state index contributed by atoms with van der Waals surface area (Å²) in [6, 6.07) is 6.35. The van der Waals surface area contributed by atoms with Crippen LogP contribution in [0.4, 0.5) is 5.69 Å². The van der Waals surface area contributed by atoms with Crippen LogP contribution in [0.2, 0.25) is 0 Å². The Morgan fingerprint density at radius 2 is 2.05 bits per heavy atom. The monoisotopic (exact) mass is 322 g/mol. The zero-order valence-electron chi connectivity index (χ0n) is 10.4. The molecule has 0 bridgehead atoms. The van der Waals surface area contributed by atoms with Crippen LogP contribution in [0.1, 0.15) is 11.1 Å². The van der Waals surface area contributed by atoms with Crippen LogP contribution in [0.5, 0.6) is 11.6 Å². The Labute approximate surface area is 118 Å². The smallest absolute Gasteiger partial charge is 0.273 e. The number of non-ortho nitro benzene ring substituents is 1. The van der Waals surface area contributed by atoms with Crippen LogP contribution in [0, 0.1) is 24.0 Å². The van der Waals surface area contributed by atoms with Crippen LogP contribution in [-0.4, -0.2) is 9.91 Å². The SMILES string of the molecule is Cc1cnc(Oc2cc([N+](=O)[O-])ccc2C)c(Br)c1. The number of nitrogens with zero attached hydrogens (tertiary/aromatic N) is 2. The third-order valence-electron chi connectivity index (χ3n) is 2.53. The van der Waals surface area contributed by atoms with Gasteiger partial charge >= 0.3 is 0 Å². The average molecular weight is 323 g/mol. The van der Waals surface area contributed by atoms with Gasteiger partial charge in [-0.2, -0.15) is 0 Å². The van der Waals surface area contributed by atoms with E-state index < -0.39 is 4.92 Å². The maximum Gasteiger partial charge on any atom is 0.273 e. The minimum Gasteiger partial charge on any atom is -0.437 e. The molecule has 0 aliphatic rings. The molecule has 98 valence electrons. The van der Waals surface area contributed by atoms with Crippen LogP contribution in [0.3, 0.4) is 0 Å². The van der Waals surface area contributed by atoms with Crippen LogP contribution in [0.15, 0.2) is 34.9 Å². The van der Waals surface area contributed by atoms with Crippen molar-refractivity contribution >= 4 is 21.6 Å². The molecular formula is C13H11BrN2O3. The van der Waals surface area contributed by atoms with Crippen molar-refractivity contribution in [2.24, 2.45) is 0 Å². The molecule has 1 aromatic heterocycles. The second kappa shape index (κ2) is 5.36. The number of hydrogen-bond acceptors (Lipinski definition) is 4. The first-order valence-corrected chi connectivity index (χ1v) is 6.31. The number of ether oxygens (including phenoxy) is 1. The van der Waals surface area contributed by atoms with Gasteiger partial charge < -0.3 is 4.74 Å². The molecule has 0 atom stereocenters. The normalized spacial score (nSPS) is 10.3. The summed E-state index contributed by atoms with van der Waals surface area (Å²) in [6.07, 6.45) is 1.67. The van der Waals surface area contributed by atoms with Gasteiger partial charge in [-0.1, -0.05) is 0 Å². The molecule has 2 rings (SSSR count). The molecule has 0 radical (unpaired) electrons. The summed E-state index contributed by atoms with van der Waals surface area (Å²) < 4.78 is 6.33. The Kier molecular flexibility index (Phi) is 3.80. The molecule has 0 unspecified atom stereocenters. The number of hydrogen-bond donors (Lipinski definition) is 0. The molecule has 0 N–H and O–H groups in total. The first-order chi connectivity index (χ1) is 8.97. The van der Waals surface area contributed by atoms with E-state index in [1.807, 2.05) is 19.9 Å². The lowest BCUT2D eigenvalue weighted by molar-refractivity contribution is -0.384. The molecule has 0 aliphatic carbocycles. The third-order valence-corrected chi connectivity index (χ3v) is 3.10. The van der Waals surface area contributed by atoms with Gasteiger partial charge in [0.05, 0.1) is 15.5 Å². The quantitative estimate of drug-likeness (QED) is 0.628. The van der Waals surface area contributed by atoms with Crippen molar-refractivity contribution < 1.29 is 9.66 Å². The van der Waals surface area contributed by atoms with E-state index in [9.17, 15) is 10.1 Å². The van der Waals surface area contributed by atoms with Gasteiger partial charge in [0.15, 0.2) is 0 Å². The number of halogens is 1. The molecule has 19 heavy (non-hydrogen) atoms. The van der Waals surface area contributed by atoms with E-state index >= 15 is 0 Å². The number of aryl methyl sites for hydroxylation is 2. The van der Waals surface area contributed by atoms with Crippen molar-refractivity contribution in [1.29, 1.82) is 0 Å². The molecule has 0 spiro atoms. The van der Waals surface area contributed by atoms with Crippen molar-refractivity contribution in [3.63, 3.8) is 0 Å². The van der Waals surface area contributed by atoms with E-state index in [0.717, 1.165) is 11.1 Å². The predicted molar refractivity (Wildman–Crippen MR) is 74.6 cm³/mol. The lowest BCUT2D eigenvalue weighted by Gasteiger charge is -2.09. The minimum atomic E-state index is -0.454. The van der Waals surface area contributed by atoms with Crippen LogP contribution in [-0.2, 0) is 0 Å². The second-order valence-corrected chi connectivity index (χ2v) is 4.96. The summed E-state index contributed by atoms with van der Waals surface area (Å²) >= 11 is 3.36. The van der Waals surface area contributed by atoms with E-state index in [1.54, 1.807) is 12.3 Å². The molecule has 0 amide bonds. The van der Waals surface area contributed by atoms with E-state index in [-0.39, 0.29) is 5.69 Å². The van der Waals surface area contributed by atoms with Crippen LogP contribution >= 0.6 is 15.9 Å². The molecule has 1 aromatic carbocycles. The fraction of sp³-hybridized carbons (Fsp3) is 0.154. The van der Waals surface area contributed by atoms with Crippen molar-refractivity contribution in [2.75, 3.05) is 0 Å². The Bertz CT molecular complexity index is 644. The van der Waals surface area contributed by atoms with Crippen molar-refractivity contribution in [2.45, 2.75) is 13.8 Å². The Hall–Kier alpha value is -1.95. The van der Waals surface area contributed by atoms with E-state index in [1.165, 1.54) is 12.1 Å². The average Bonchev–Trinajstić information content (AvgIpc) is 2.34. The highest BCUT2D eigenvalue weighted by Crippen LogP contribution is 2.32. The molecule has 6 heteroatoms. The summed E-state index contributed by atoms with van der Waals surface area (Å²) in [5.74, 6) is 0.806. The summed E-state index contributed by atoms with van der Waals surface area (Å²) in [6.45, 7) is 3.74. The fourth-order valence-corrected chi connectivity index (χ4v) is 2.06. The number of rotatable bonds is 3. The Morgan fingerprint density at radius 3 is 2.68 bits per heavy atom.